The van der Waals surface area contributed by atoms with Crippen molar-refractivity contribution in [3.05, 3.63) is 29.6 Å². The van der Waals surface area contributed by atoms with Crippen LogP contribution in [0.4, 0.5) is 4.39 Å². The zero-order valence-corrected chi connectivity index (χ0v) is 9.66. The Balaban J connectivity index is 2.48. The Morgan fingerprint density at radius 2 is 2.12 bits per heavy atom. The molecule has 0 unspecified atom stereocenters. The molecule has 0 saturated heterocycles. The predicted octanol–water partition coefficient (Wildman–Crippen LogP) is 3.51. The van der Waals surface area contributed by atoms with Gasteiger partial charge in [0, 0.05) is 6.07 Å². The summed E-state index contributed by atoms with van der Waals surface area (Å²) in [7, 11) is 0. The summed E-state index contributed by atoms with van der Waals surface area (Å²) in [4.78, 5) is 0. The Morgan fingerprint density at radius 3 is 2.75 bits per heavy atom. The Labute approximate surface area is 95.7 Å². The van der Waals surface area contributed by atoms with Crippen LogP contribution in [0.25, 0.3) is 0 Å². The molecule has 1 aromatic carbocycles. The molecule has 0 aliphatic heterocycles. The summed E-state index contributed by atoms with van der Waals surface area (Å²) >= 11 is 0. The van der Waals surface area contributed by atoms with Crippen LogP contribution in [0.3, 0.4) is 0 Å². The molecule has 1 aromatic rings. The highest BCUT2D eigenvalue weighted by atomic mass is 19.1. The van der Waals surface area contributed by atoms with E-state index >= 15 is 0 Å². The lowest BCUT2D eigenvalue weighted by molar-refractivity contribution is 0.296. The number of hydrogen-bond donors (Lipinski definition) is 0. The second kappa shape index (κ2) is 6.12. The van der Waals surface area contributed by atoms with E-state index in [2.05, 4.69) is 13.8 Å². The van der Waals surface area contributed by atoms with Crippen molar-refractivity contribution in [1.82, 2.24) is 0 Å². The number of ether oxygens (including phenoxy) is 1. The zero-order chi connectivity index (χ0) is 12.0. The molecule has 3 heteroatoms. The van der Waals surface area contributed by atoms with Gasteiger partial charge in [0.15, 0.2) is 0 Å². The first-order valence-corrected chi connectivity index (χ1v) is 5.45. The van der Waals surface area contributed by atoms with Crippen molar-refractivity contribution >= 4 is 0 Å². The third-order valence-corrected chi connectivity index (χ3v) is 2.19. The van der Waals surface area contributed by atoms with Crippen molar-refractivity contribution in [1.29, 1.82) is 5.26 Å². The van der Waals surface area contributed by atoms with Gasteiger partial charge in [-0.05, 0) is 30.9 Å². The van der Waals surface area contributed by atoms with Crippen molar-refractivity contribution < 1.29 is 9.13 Å². The van der Waals surface area contributed by atoms with Crippen molar-refractivity contribution in [3.8, 4) is 11.8 Å². The molecule has 0 radical (unpaired) electrons. The molecule has 0 atom stereocenters. The summed E-state index contributed by atoms with van der Waals surface area (Å²) in [5.41, 5.74) is 0.291. The molecule has 0 spiro atoms. The number of rotatable bonds is 5. The monoisotopic (exact) mass is 221 g/mol. The van der Waals surface area contributed by atoms with E-state index in [-0.39, 0.29) is 0 Å². The van der Waals surface area contributed by atoms with E-state index in [4.69, 9.17) is 10.00 Å². The lowest BCUT2D eigenvalue weighted by Gasteiger charge is -2.07. The van der Waals surface area contributed by atoms with E-state index in [1.54, 1.807) is 6.07 Å². The number of nitrogens with zero attached hydrogens (tertiary/aromatic N) is 1. The van der Waals surface area contributed by atoms with Crippen LogP contribution in [0.5, 0.6) is 5.75 Å². The van der Waals surface area contributed by atoms with Crippen LogP contribution in [-0.2, 0) is 0 Å². The maximum Gasteiger partial charge on any atom is 0.128 e. The largest absolute Gasteiger partial charge is 0.493 e. The summed E-state index contributed by atoms with van der Waals surface area (Å²) < 4.78 is 18.4. The third kappa shape index (κ3) is 4.31. The highest BCUT2D eigenvalue weighted by molar-refractivity contribution is 5.36. The fraction of sp³-hybridized carbons (Fsp3) is 0.462. The molecule has 1 rings (SSSR count). The summed E-state index contributed by atoms with van der Waals surface area (Å²) in [5.74, 6) is 0.643. The van der Waals surface area contributed by atoms with Crippen LogP contribution in [0, 0.1) is 23.1 Å². The number of nitriles is 1. The second-order valence-corrected chi connectivity index (χ2v) is 4.17. The van der Waals surface area contributed by atoms with Gasteiger partial charge in [0.05, 0.1) is 18.2 Å². The Morgan fingerprint density at radius 1 is 1.38 bits per heavy atom. The smallest absolute Gasteiger partial charge is 0.128 e. The van der Waals surface area contributed by atoms with Crippen molar-refractivity contribution in [2.45, 2.75) is 26.7 Å². The minimum absolute atomic E-state index is 0.291. The fourth-order valence-electron chi connectivity index (χ4n) is 1.39. The summed E-state index contributed by atoms with van der Waals surface area (Å²) in [6.45, 7) is 4.86. The number of hydrogen-bond acceptors (Lipinski definition) is 2. The summed E-state index contributed by atoms with van der Waals surface area (Å²) in [6, 6.07) is 5.95. The topological polar surface area (TPSA) is 33.0 Å². The van der Waals surface area contributed by atoms with E-state index in [9.17, 15) is 4.39 Å². The van der Waals surface area contributed by atoms with Gasteiger partial charge in [0.1, 0.15) is 11.6 Å². The molecule has 0 fully saturated rings. The molecule has 0 aliphatic carbocycles. The maximum atomic E-state index is 13.0. The molecular weight excluding hydrogens is 205 g/mol. The van der Waals surface area contributed by atoms with Crippen LogP contribution >= 0.6 is 0 Å². The van der Waals surface area contributed by atoms with Gasteiger partial charge in [-0.1, -0.05) is 13.8 Å². The van der Waals surface area contributed by atoms with Crippen molar-refractivity contribution in [2.24, 2.45) is 5.92 Å². The van der Waals surface area contributed by atoms with E-state index in [0.29, 0.717) is 23.8 Å². The van der Waals surface area contributed by atoms with Crippen molar-refractivity contribution in [3.63, 3.8) is 0 Å². The van der Waals surface area contributed by atoms with Gasteiger partial charge in [0.25, 0.3) is 0 Å². The van der Waals surface area contributed by atoms with Crippen LogP contribution in [0.1, 0.15) is 32.3 Å². The van der Waals surface area contributed by atoms with E-state index < -0.39 is 5.82 Å². The minimum atomic E-state index is -0.432. The van der Waals surface area contributed by atoms with Gasteiger partial charge in [-0.3, -0.25) is 0 Å². The molecule has 0 amide bonds. The van der Waals surface area contributed by atoms with E-state index in [1.807, 2.05) is 6.07 Å². The van der Waals surface area contributed by atoms with E-state index in [1.165, 1.54) is 12.1 Å². The first kappa shape index (κ1) is 12.5. The standard InChI is InChI=1S/C13H16FNO/c1-10(2)4-3-5-16-13-7-11(9-15)6-12(14)8-13/h6-8,10H,3-5H2,1-2H3. The minimum Gasteiger partial charge on any atom is -0.493 e. The average Bonchev–Trinajstić information content (AvgIpc) is 2.23. The Kier molecular flexibility index (Phi) is 4.78. The van der Waals surface area contributed by atoms with Gasteiger partial charge in [0.2, 0.25) is 0 Å². The van der Waals surface area contributed by atoms with Crippen LogP contribution in [0.2, 0.25) is 0 Å². The molecule has 0 aliphatic rings. The molecule has 86 valence electrons. The van der Waals surface area contributed by atoms with Crippen LogP contribution in [0.15, 0.2) is 18.2 Å². The summed E-state index contributed by atoms with van der Waals surface area (Å²) in [6.07, 6.45) is 2.02. The first-order chi connectivity index (χ1) is 7.61. The van der Waals surface area contributed by atoms with E-state index in [0.717, 1.165) is 12.8 Å². The molecule has 2 nitrogen and oxygen atoms in total. The highest BCUT2D eigenvalue weighted by Gasteiger charge is 2.01. The molecule has 0 saturated carbocycles. The molecule has 0 bridgehead atoms. The quantitative estimate of drug-likeness (QED) is 0.713. The Bertz CT molecular complexity index is 382. The van der Waals surface area contributed by atoms with Gasteiger partial charge in [-0.25, -0.2) is 4.39 Å². The highest BCUT2D eigenvalue weighted by Crippen LogP contribution is 2.16. The fourth-order valence-corrected chi connectivity index (χ4v) is 1.39. The molecule has 16 heavy (non-hydrogen) atoms. The average molecular weight is 221 g/mol. The molecule has 0 aromatic heterocycles. The molecule has 0 N–H and O–H groups in total. The van der Waals surface area contributed by atoms with Crippen LogP contribution in [-0.4, -0.2) is 6.61 Å². The first-order valence-electron chi connectivity index (χ1n) is 5.45. The normalized spacial score (nSPS) is 10.2. The molecular formula is C13H16FNO. The Hall–Kier alpha value is -1.56. The maximum absolute atomic E-state index is 13.0. The lowest BCUT2D eigenvalue weighted by Crippen LogP contribution is -2.00. The number of halogens is 1. The SMILES string of the molecule is CC(C)CCCOc1cc(F)cc(C#N)c1. The predicted molar refractivity (Wildman–Crippen MR) is 60.7 cm³/mol. The van der Waals surface area contributed by atoms with Gasteiger partial charge < -0.3 is 4.74 Å². The second-order valence-electron chi connectivity index (χ2n) is 4.17. The molecule has 0 heterocycles. The van der Waals surface area contributed by atoms with Crippen molar-refractivity contribution in [2.75, 3.05) is 6.61 Å². The van der Waals surface area contributed by atoms with Gasteiger partial charge in [-0.15, -0.1) is 0 Å². The van der Waals surface area contributed by atoms with Crippen LogP contribution < -0.4 is 4.74 Å². The number of benzene rings is 1. The van der Waals surface area contributed by atoms with Gasteiger partial charge in [-0.2, -0.15) is 5.26 Å². The zero-order valence-electron chi connectivity index (χ0n) is 9.66. The lowest BCUT2D eigenvalue weighted by atomic mass is 10.1. The summed E-state index contributed by atoms with van der Waals surface area (Å²) in [5, 5.41) is 8.66. The van der Waals surface area contributed by atoms with Gasteiger partial charge >= 0.3 is 0 Å². The third-order valence-electron chi connectivity index (χ3n) is 2.19.